The molecule has 11 heavy (non-hydrogen) atoms. The van der Waals surface area contributed by atoms with E-state index >= 15 is 0 Å². The third-order valence-corrected chi connectivity index (χ3v) is 1.48. The molecular formula is C7H15NO3. The van der Waals surface area contributed by atoms with Gasteiger partial charge in [0.15, 0.2) is 0 Å². The van der Waals surface area contributed by atoms with Crippen molar-refractivity contribution in [3.8, 4) is 0 Å². The highest BCUT2D eigenvalue weighted by Gasteiger charge is 2.14. The van der Waals surface area contributed by atoms with Crippen LogP contribution in [0.25, 0.3) is 0 Å². The second kappa shape index (κ2) is 4.96. The van der Waals surface area contributed by atoms with Crippen molar-refractivity contribution in [2.24, 2.45) is 0 Å². The Morgan fingerprint density at radius 2 is 2.27 bits per heavy atom. The van der Waals surface area contributed by atoms with Crippen LogP contribution in [-0.2, 0) is 4.74 Å². The van der Waals surface area contributed by atoms with E-state index in [2.05, 4.69) is 0 Å². The molecule has 4 heteroatoms. The zero-order chi connectivity index (χ0) is 8.85. The molecule has 0 fully saturated rings. The van der Waals surface area contributed by atoms with Crippen LogP contribution in [0.1, 0.15) is 13.8 Å². The molecule has 0 unspecified atom stereocenters. The van der Waals surface area contributed by atoms with Gasteiger partial charge in [-0.3, -0.25) is 0 Å². The van der Waals surface area contributed by atoms with Crippen molar-refractivity contribution in [3.63, 3.8) is 0 Å². The maximum absolute atomic E-state index is 10.9. The first-order valence-corrected chi connectivity index (χ1v) is 3.63. The Morgan fingerprint density at radius 1 is 1.73 bits per heavy atom. The number of rotatable bonds is 3. The highest BCUT2D eigenvalue weighted by Crippen LogP contribution is 1.96. The maximum atomic E-state index is 10.9. The lowest BCUT2D eigenvalue weighted by atomic mass is 10.3. The number of carbonyl (C=O) groups is 1. The van der Waals surface area contributed by atoms with Crippen LogP contribution < -0.4 is 0 Å². The van der Waals surface area contributed by atoms with E-state index in [1.54, 1.807) is 20.9 Å². The summed E-state index contributed by atoms with van der Waals surface area (Å²) in [6.45, 7) is 3.81. The normalized spacial score (nSPS) is 12.4. The Bertz CT molecular complexity index is 127. The molecule has 0 aliphatic carbocycles. The number of hydrogen-bond donors (Lipinski definition) is 1. The summed E-state index contributed by atoms with van der Waals surface area (Å²) in [7, 11) is 1.60. The van der Waals surface area contributed by atoms with Crippen molar-refractivity contribution in [2.75, 3.05) is 20.3 Å². The Hall–Kier alpha value is -0.770. The van der Waals surface area contributed by atoms with Crippen LogP contribution in [0.2, 0.25) is 0 Å². The van der Waals surface area contributed by atoms with Gasteiger partial charge < -0.3 is 14.7 Å². The van der Waals surface area contributed by atoms with E-state index in [0.29, 0.717) is 6.61 Å². The fourth-order valence-corrected chi connectivity index (χ4v) is 0.528. The molecule has 0 heterocycles. The summed E-state index contributed by atoms with van der Waals surface area (Å²) >= 11 is 0. The first kappa shape index (κ1) is 10.2. The van der Waals surface area contributed by atoms with Gasteiger partial charge >= 0.3 is 6.09 Å². The lowest BCUT2D eigenvalue weighted by molar-refractivity contribution is 0.0892. The number of amides is 1. The summed E-state index contributed by atoms with van der Waals surface area (Å²) in [6, 6.07) is -0.186. The van der Waals surface area contributed by atoms with Crippen LogP contribution in [-0.4, -0.2) is 42.4 Å². The van der Waals surface area contributed by atoms with Gasteiger partial charge in [0.2, 0.25) is 0 Å². The topological polar surface area (TPSA) is 49.8 Å². The standard InChI is InChI=1S/C7H15NO3/c1-4-11-7(10)8(3)6(2)5-9/h6,9H,4-5H2,1-3H3/t6-/m0/s1. The van der Waals surface area contributed by atoms with Gasteiger partial charge in [-0.15, -0.1) is 0 Å². The van der Waals surface area contributed by atoms with Gasteiger partial charge in [0.25, 0.3) is 0 Å². The van der Waals surface area contributed by atoms with Crippen LogP contribution in [0, 0.1) is 0 Å². The number of carbonyl (C=O) groups excluding carboxylic acids is 1. The summed E-state index contributed by atoms with van der Waals surface area (Å²) in [6.07, 6.45) is -0.394. The molecule has 0 bridgehead atoms. The Kier molecular flexibility index (Phi) is 4.61. The summed E-state index contributed by atoms with van der Waals surface area (Å²) in [5, 5.41) is 8.67. The number of aliphatic hydroxyl groups excluding tert-OH is 1. The third-order valence-electron chi connectivity index (χ3n) is 1.48. The lowest BCUT2D eigenvalue weighted by Gasteiger charge is -2.21. The molecule has 0 aromatic heterocycles. The summed E-state index contributed by atoms with van der Waals surface area (Å²) < 4.78 is 4.70. The van der Waals surface area contributed by atoms with Gasteiger partial charge in [0, 0.05) is 7.05 Å². The molecule has 0 spiro atoms. The molecule has 0 rings (SSSR count). The van der Waals surface area contributed by atoms with Crippen LogP contribution in [0.4, 0.5) is 4.79 Å². The van der Waals surface area contributed by atoms with Gasteiger partial charge in [-0.25, -0.2) is 4.79 Å². The predicted molar refractivity (Wildman–Crippen MR) is 41.3 cm³/mol. The van der Waals surface area contributed by atoms with Crippen molar-refractivity contribution >= 4 is 6.09 Å². The van der Waals surface area contributed by atoms with E-state index < -0.39 is 6.09 Å². The molecule has 1 N–H and O–H groups in total. The van der Waals surface area contributed by atoms with Gasteiger partial charge in [-0.05, 0) is 13.8 Å². The number of nitrogens with zero attached hydrogens (tertiary/aromatic N) is 1. The minimum atomic E-state index is -0.394. The smallest absolute Gasteiger partial charge is 0.409 e. The molecule has 66 valence electrons. The zero-order valence-corrected chi connectivity index (χ0v) is 7.20. The van der Waals surface area contributed by atoms with Gasteiger partial charge in [-0.2, -0.15) is 0 Å². The minimum absolute atomic E-state index is 0.0463. The highest BCUT2D eigenvalue weighted by atomic mass is 16.6. The summed E-state index contributed by atoms with van der Waals surface area (Å²) in [5.41, 5.74) is 0. The van der Waals surface area contributed by atoms with E-state index in [-0.39, 0.29) is 12.6 Å². The monoisotopic (exact) mass is 161 g/mol. The SMILES string of the molecule is CCOC(=O)N(C)[C@@H](C)CO. The second-order valence-electron chi connectivity index (χ2n) is 2.34. The van der Waals surface area contributed by atoms with E-state index in [1.807, 2.05) is 0 Å². The van der Waals surface area contributed by atoms with Crippen LogP contribution in [0.15, 0.2) is 0 Å². The average Bonchev–Trinajstić information content (AvgIpc) is 2.02. The van der Waals surface area contributed by atoms with Crippen molar-refractivity contribution in [1.82, 2.24) is 4.90 Å². The fourth-order valence-electron chi connectivity index (χ4n) is 0.528. The Balaban J connectivity index is 3.80. The highest BCUT2D eigenvalue weighted by molar-refractivity contribution is 5.67. The van der Waals surface area contributed by atoms with E-state index in [0.717, 1.165) is 0 Å². The van der Waals surface area contributed by atoms with E-state index in [9.17, 15) is 4.79 Å². The average molecular weight is 161 g/mol. The van der Waals surface area contributed by atoms with Gasteiger partial charge in [0.1, 0.15) is 0 Å². The quantitative estimate of drug-likeness (QED) is 0.654. The van der Waals surface area contributed by atoms with Crippen LogP contribution >= 0.6 is 0 Å². The molecule has 0 radical (unpaired) electrons. The molecule has 1 atom stereocenters. The van der Waals surface area contributed by atoms with Crippen LogP contribution in [0.5, 0.6) is 0 Å². The van der Waals surface area contributed by atoms with Crippen molar-refractivity contribution < 1.29 is 14.6 Å². The molecular weight excluding hydrogens is 146 g/mol. The largest absolute Gasteiger partial charge is 0.450 e. The predicted octanol–water partition coefficient (Wildman–Crippen LogP) is 0.456. The first-order chi connectivity index (χ1) is 5.13. The van der Waals surface area contributed by atoms with Gasteiger partial charge in [0.05, 0.1) is 19.3 Å². The van der Waals surface area contributed by atoms with E-state index in [4.69, 9.17) is 9.84 Å². The van der Waals surface area contributed by atoms with E-state index in [1.165, 1.54) is 4.90 Å². The Morgan fingerprint density at radius 3 is 2.64 bits per heavy atom. The molecule has 1 amide bonds. The minimum Gasteiger partial charge on any atom is -0.450 e. The third kappa shape index (κ3) is 3.23. The van der Waals surface area contributed by atoms with Crippen LogP contribution in [0.3, 0.4) is 0 Å². The molecule has 0 aliphatic heterocycles. The maximum Gasteiger partial charge on any atom is 0.409 e. The zero-order valence-electron chi connectivity index (χ0n) is 7.20. The molecule has 0 aromatic carbocycles. The number of hydrogen-bond acceptors (Lipinski definition) is 3. The molecule has 0 aromatic rings. The van der Waals surface area contributed by atoms with Gasteiger partial charge in [-0.1, -0.05) is 0 Å². The number of likely N-dealkylation sites (N-methyl/N-ethyl adjacent to an activating group) is 1. The number of ether oxygens (including phenoxy) is 1. The lowest BCUT2D eigenvalue weighted by Crippen LogP contribution is -2.37. The van der Waals surface area contributed by atoms with Crippen molar-refractivity contribution in [2.45, 2.75) is 19.9 Å². The summed E-state index contributed by atoms with van der Waals surface area (Å²) in [4.78, 5) is 12.3. The fraction of sp³-hybridized carbons (Fsp3) is 0.857. The molecule has 0 aliphatic rings. The summed E-state index contributed by atoms with van der Waals surface area (Å²) in [5.74, 6) is 0. The Labute approximate surface area is 66.8 Å². The molecule has 0 saturated heterocycles. The number of aliphatic hydroxyl groups is 1. The van der Waals surface area contributed by atoms with Crippen molar-refractivity contribution in [3.05, 3.63) is 0 Å². The van der Waals surface area contributed by atoms with Crippen molar-refractivity contribution in [1.29, 1.82) is 0 Å². The second-order valence-corrected chi connectivity index (χ2v) is 2.34. The first-order valence-electron chi connectivity index (χ1n) is 3.63. The molecule has 0 saturated carbocycles. The molecule has 4 nitrogen and oxygen atoms in total.